The van der Waals surface area contributed by atoms with Gasteiger partial charge in [-0.3, -0.25) is 9.78 Å². The number of nitrogens with zero attached hydrogens (tertiary/aromatic N) is 2. The normalized spacial score (nSPS) is 10.2. The standard InChI is InChI=1S/C16H16N4O2.C2H6/c1-9-14(11-3-5-17-13(7-11)19-10(2)22)20-16-12(8-21)4-6-18-15(9)16;1-2/h3-7,20-21H,8H2,1-2H3,(H,17,19,22);1-2H3. The highest BCUT2D eigenvalue weighted by molar-refractivity contribution is 5.91. The fraction of sp³-hybridized carbons (Fsp3) is 0.278. The zero-order valence-electron chi connectivity index (χ0n) is 14.3. The summed E-state index contributed by atoms with van der Waals surface area (Å²) < 4.78 is 0. The Morgan fingerprint density at radius 2 is 1.96 bits per heavy atom. The van der Waals surface area contributed by atoms with Gasteiger partial charge >= 0.3 is 0 Å². The average Bonchev–Trinajstić information content (AvgIpc) is 2.93. The molecule has 3 rings (SSSR count). The number of rotatable bonds is 3. The van der Waals surface area contributed by atoms with E-state index in [0.29, 0.717) is 5.82 Å². The Hall–Kier alpha value is -2.73. The average molecular weight is 326 g/mol. The summed E-state index contributed by atoms with van der Waals surface area (Å²) in [5.74, 6) is 0.334. The van der Waals surface area contributed by atoms with E-state index in [1.807, 2.05) is 26.8 Å². The highest BCUT2D eigenvalue weighted by Gasteiger charge is 2.13. The third-order valence-electron chi connectivity index (χ3n) is 3.54. The summed E-state index contributed by atoms with van der Waals surface area (Å²) in [4.78, 5) is 23.0. The molecule has 0 radical (unpaired) electrons. The molecule has 0 atom stereocenters. The number of carbonyl (C=O) groups is 1. The van der Waals surface area contributed by atoms with Crippen LogP contribution in [-0.2, 0) is 11.4 Å². The molecule has 126 valence electrons. The fourth-order valence-electron chi connectivity index (χ4n) is 2.52. The maximum Gasteiger partial charge on any atom is 0.222 e. The van der Waals surface area contributed by atoms with Gasteiger partial charge in [0.1, 0.15) is 5.82 Å². The lowest BCUT2D eigenvalue weighted by Crippen LogP contribution is -2.07. The summed E-state index contributed by atoms with van der Waals surface area (Å²) in [7, 11) is 0. The largest absolute Gasteiger partial charge is 0.392 e. The van der Waals surface area contributed by atoms with Gasteiger partial charge in [-0.2, -0.15) is 0 Å². The minimum atomic E-state index is -0.165. The number of carbonyl (C=O) groups excluding carboxylic acids is 1. The van der Waals surface area contributed by atoms with E-state index in [1.165, 1.54) is 6.92 Å². The van der Waals surface area contributed by atoms with E-state index in [4.69, 9.17) is 0 Å². The van der Waals surface area contributed by atoms with E-state index in [-0.39, 0.29) is 12.5 Å². The maximum atomic E-state index is 11.2. The smallest absolute Gasteiger partial charge is 0.222 e. The van der Waals surface area contributed by atoms with Crippen LogP contribution in [0, 0.1) is 6.92 Å². The van der Waals surface area contributed by atoms with Crippen LogP contribution in [-0.4, -0.2) is 26.0 Å². The second kappa shape index (κ2) is 7.70. The van der Waals surface area contributed by atoms with Crippen molar-refractivity contribution < 1.29 is 9.90 Å². The van der Waals surface area contributed by atoms with Crippen LogP contribution >= 0.6 is 0 Å². The van der Waals surface area contributed by atoms with Crippen molar-refractivity contribution >= 4 is 22.8 Å². The molecule has 0 aliphatic carbocycles. The Bertz CT molecular complexity index is 855. The molecule has 3 aromatic rings. The molecule has 3 heterocycles. The minimum Gasteiger partial charge on any atom is -0.392 e. The first-order chi connectivity index (χ1) is 11.6. The SMILES string of the molecule is CC.CC(=O)Nc1cc(-c2[nH]c3c(CO)ccnc3c2C)ccn1. The van der Waals surface area contributed by atoms with Crippen LogP contribution in [0.25, 0.3) is 22.3 Å². The lowest BCUT2D eigenvalue weighted by molar-refractivity contribution is -0.114. The van der Waals surface area contributed by atoms with E-state index in [9.17, 15) is 9.90 Å². The summed E-state index contributed by atoms with van der Waals surface area (Å²) in [6.45, 7) is 7.37. The Morgan fingerprint density at radius 1 is 1.25 bits per heavy atom. The van der Waals surface area contributed by atoms with Gasteiger partial charge in [0.05, 0.1) is 23.3 Å². The predicted molar refractivity (Wildman–Crippen MR) is 95.6 cm³/mol. The molecule has 0 bridgehead atoms. The first kappa shape index (κ1) is 17.6. The third kappa shape index (κ3) is 3.44. The number of pyridine rings is 2. The van der Waals surface area contributed by atoms with E-state index in [0.717, 1.165) is 33.4 Å². The van der Waals surface area contributed by atoms with Gasteiger partial charge in [0.2, 0.25) is 5.91 Å². The Morgan fingerprint density at radius 3 is 2.62 bits per heavy atom. The van der Waals surface area contributed by atoms with Gasteiger partial charge in [-0.15, -0.1) is 0 Å². The quantitative estimate of drug-likeness (QED) is 0.688. The molecule has 24 heavy (non-hydrogen) atoms. The van der Waals surface area contributed by atoms with E-state index >= 15 is 0 Å². The molecule has 0 aromatic carbocycles. The summed E-state index contributed by atoms with van der Waals surface area (Å²) in [5, 5.41) is 12.1. The molecule has 0 fully saturated rings. The summed E-state index contributed by atoms with van der Waals surface area (Å²) >= 11 is 0. The van der Waals surface area contributed by atoms with Gasteiger partial charge in [-0.25, -0.2) is 4.98 Å². The summed E-state index contributed by atoms with van der Waals surface area (Å²) in [5.41, 5.74) is 5.26. The van der Waals surface area contributed by atoms with Crippen LogP contribution in [0.5, 0.6) is 0 Å². The van der Waals surface area contributed by atoms with Gasteiger partial charge in [0.25, 0.3) is 0 Å². The van der Waals surface area contributed by atoms with Crippen molar-refractivity contribution in [2.45, 2.75) is 34.3 Å². The number of hydrogen-bond donors (Lipinski definition) is 3. The minimum absolute atomic E-state index is 0.0497. The first-order valence-corrected chi connectivity index (χ1v) is 7.91. The number of aliphatic hydroxyl groups excluding tert-OH is 1. The van der Waals surface area contributed by atoms with Gasteiger partial charge in [-0.05, 0) is 25.1 Å². The number of hydrogen-bond acceptors (Lipinski definition) is 4. The van der Waals surface area contributed by atoms with Gasteiger partial charge < -0.3 is 15.4 Å². The van der Waals surface area contributed by atoms with Crippen LogP contribution in [0.4, 0.5) is 5.82 Å². The number of aryl methyl sites for hydroxylation is 1. The molecule has 0 aliphatic rings. The van der Waals surface area contributed by atoms with Crippen LogP contribution in [0.3, 0.4) is 0 Å². The number of fused-ring (bicyclic) bond motifs is 1. The molecule has 3 aromatic heterocycles. The molecule has 1 amide bonds. The van der Waals surface area contributed by atoms with E-state index in [2.05, 4.69) is 20.3 Å². The molecule has 6 nitrogen and oxygen atoms in total. The van der Waals surface area contributed by atoms with E-state index < -0.39 is 0 Å². The topological polar surface area (TPSA) is 90.9 Å². The first-order valence-electron chi connectivity index (χ1n) is 7.91. The molecule has 0 unspecified atom stereocenters. The van der Waals surface area contributed by atoms with Crippen molar-refractivity contribution in [3.8, 4) is 11.3 Å². The lowest BCUT2D eigenvalue weighted by Gasteiger charge is -2.04. The molecular weight excluding hydrogens is 304 g/mol. The Balaban J connectivity index is 0.00000100. The van der Waals surface area contributed by atoms with Crippen molar-refractivity contribution in [3.05, 3.63) is 41.7 Å². The van der Waals surface area contributed by atoms with Crippen molar-refractivity contribution in [2.24, 2.45) is 0 Å². The van der Waals surface area contributed by atoms with Crippen molar-refractivity contribution in [2.75, 3.05) is 5.32 Å². The monoisotopic (exact) mass is 326 g/mol. The Labute approximate surface area is 141 Å². The van der Waals surface area contributed by atoms with E-state index in [1.54, 1.807) is 24.5 Å². The van der Waals surface area contributed by atoms with Gasteiger partial charge in [-0.1, -0.05) is 13.8 Å². The second-order valence-electron chi connectivity index (χ2n) is 5.09. The molecule has 3 N–H and O–H groups in total. The summed E-state index contributed by atoms with van der Waals surface area (Å²) in [6.07, 6.45) is 3.33. The van der Waals surface area contributed by atoms with Crippen LogP contribution in [0.15, 0.2) is 30.6 Å². The van der Waals surface area contributed by atoms with Crippen LogP contribution in [0.2, 0.25) is 0 Å². The van der Waals surface area contributed by atoms with Crippen LogP contribution < -0.4 is 5.32 Å². The molecule has 0 saturated carbocycles. The molecule has 0 aliphatic heterocycles. The van der Waals surface area contributed by atoms with Crippen LogP contribution in [0.1, 0.15) is 31.9 Å². The highest BCUT2D eigenvalue weighted by Crippen LogP contribution is 2.30. The maximum absolute atomic E-state index is 11.2. The third-order valence-corrected chi connectivity index (χ3v) is 3.54. The molecule has 0 spiro atoms. The number of aromatic amines is 1. The van der Waals surface area contributed by atoms with Crippen molar-refractivity contribution in [1.82, 2.24) is 15.0 Å². The van der Waals surface area contributed by atoms with Gasteiger partial charge in [0.15, 0.2) is 0 Å². The van der Waals surface area contributed by atoms with Crippen molar-refractivity contribution in [1.29, 1.82) is 0 Å². The fourth-order valence-corrected chi connectivity index (χ4v) is 2.52. The summed E-state index contributed by atoms with van der Waals surface area (Å²) in [6, 6.07) is 5.46. The second-order valence-corrected chi connectivity index (χ2v) is 5.09. The molecular formula is C18H22N4O2. The number of amides is 1. The number of H-pyrrole nitrogens is 1. The van der Waals surface area contributed by atoms with Gasteiger partial charge in [0, 0.05) is 36.0 Å². The number of anilines is 1. The molecule has 6 heteroatoms. The highest BCUT2D eigenvalue weighted by atomic mass is 16.3. The number of nitrogens with one attached hydrogen (secondary N) is 2. The lowest BCUT2D eigenvalue weighted by atomic mass is 10.1. The zero-order chi connectivity index (χ0) is 17.7. The van der Waals surface area contributed by atoms with Crippen molar-refractivity contribution in [3.63, 3.8) is 0 Å². The predicted octanol–water partition coefficient (Wildman–Crippen LogP) is 3.41. The number of aromatic nitrogens is 3. The zero-order valence-corrected chi connectivity index (χ0v) is 14.3. The Kier molecular flexibility index (Phi) is 5.65. The number of aliphatic hydroxyl groups is 1. The molecule has 0 saturated heterocycles.